The summed E-state index contributed by atoms with van der Waals surface area (Å²) in [7, 11) is 0. The first-order valence-corrected chi connectivity index (χ1v) is 10.2. The van der Waals surface area contributed by atoms with Gasteiger partial charge in [-0.3, -0.25) is 4.79 Å². The smallest absolute Gasteiger partial charge is 0.335 e. The van der Waals surface area contributed by atoms with E-state index in [1.165, 1.54) is 4.90 Å². The van der Waals surface area contributed by atoms with Crippen molar-refractivity contribution < 1.29 is 14.3 Å². The minimum absolute atomic E-state index is 0.176. The molecular weight excluding hydrogens is 457 g/mol. The Morgan fingerprint density at radius 3 is 2.96 bits per heavy atom. The minimum atomic E-state index is -0.926. The van der Waals surface area contributed by atoms with Crippen LogP contribution in [0.5, 0.6) is 0 Å². The van der Waals surface area contributed by atoms with Crippen LogP contribution < -0.4 is 0 Å². The monoisotopic (exact) mass is 471 g/mol. The molecule has 0 bridgehead atoms. The second-order valence-corrected chi connectivity index (χ2v) is 8.11. The molecule has 0 saturated carbocycles. The van der Waals surface area contributed by atoms with Crippen LogP contribution in [-0.4, -0.2) is 32.9 Å². The molecule has 1 amide bonds. The van der Waals surface area contributed by atoms with E-state index in [2.05, 4.69) is 20.9 Å². The lowest BCUT2D eigenvalue weighted by molar-refractivity contribution is -0.149. The van der Waals surface area contributed by atoms with Gasteiger partial charge in [-0.05, 0) is 41.8 Å². The van der Waals surface area contributed by atoms with Crippen LogP contribution in [0.3, 0.4) is 0 Å². The zero-order chi connectivity index (χ0) is 19.3. The van der Waals surface area contributed by atoms with Crippen LogP contribution in [-0.2, 0) is 29.0 Å². The molecule has 9 heteroatoms. The van der Waals surface area contributed by atoms with Crippen molar-refractivity contribution in [2.45, 2.75) is 38.9 Å². The summed E-state index contributed by atoms with van der Waals surface area (Å²) < 4.78 is 7.83. The van der Waals surface area contributed by atoms with E-state index in [0.29, 0.717) is 31.3 Å². The fourth-order valence-electron chi connectivity index (χ4n) is 3.75. The van der Waals surface area contributed by atoms with Crippen molar-refractivity contribution in [3.8, 4) is 0 Å². The highest BCUT2D eigenvalue weighted by atomic mass is 79.9. The Kier molecular flexibility index (Phi) is 4.94. The van der Waals surface area contributed by atoms with Crippen LogP contribution in [0.2, 0.25) is 10.0 Å². The molecule has 2 aliphatic heterocycles. The second kappa shape index (κ2) is 7.11. The zero-order valence-corrected chi connectivity index (χ0v) is 17.6. The third-order valence-corrected chi connectivity index (χ3v) is 6.53. The van der Waals surface area contributed by atoms with Gasteiger partial charge >= 0.3 is 5.97 Å². The molecule has 0 spiro atoms. The molecule has 0 N–H and O–H groups in total. The molecule has 0 radical (unpaired) electrons. The summed E-state index contributed by atoms with van der Waals surface area (Å²) in [6.07, 6.45) is 3.51. The summed E-state index contributed by atoms with van der Waals surface area (Å²) in [5.41, 5.74) is 2.47. The molecule has 4 rings (SSSR count). The number of halogens is 3. The predicted molar refractivity (Wildman–Crippen MR) is 104 cm³/mol. The molecule has 2 aliphatic rings. The highest BCUT2D eigenvalue weighted by Crippen LogP contribution is 2.42. The van der Waals surface area contributed by atoms with Gasteiger partial charge in [-0.1, -0.05) is 23.2 Å². The molecular formula is C18H16BrCl2N3O3. The van der Waals surface area contributed by atoms with Crippen molar-refractivity contribution >= 4 is 51.0 Å². The van der Waals surface area contributed by atoms with Crippen molar-refractivity contribution in [1.82, 2.24) is 14.5 Å². The van der Waals surface area contributed by atoms with Crippen molar-refractivity contribution in [3.63, 3.8) is 0 Å². The summed E-state index contributed by atoms with van der Waals surface area (Å²) in [6.45, 7) is 2.98. The SMILES string of the molecule is CCOC(=O)C(c1ncn2c1CCC2)N1Cc2c(Cl)cc(Br)c(Cl)c2C1=O. The Morgan fingerprint density at radius 1 is 1.44 bits per heavy atom. The predicted octanol–water partition coefficient (Wildman–Crippen LogP) is 4.16. The Bertz CT molecular complexity index is 960. The first kappa shape index (κ1) is 18.8. The number of hydrogen-bond donors (Lipinski definition) is 0. The molecule has 6 nitrogen and oxygen atoms in total. The standard InChI is InChI=1S/C18H16BrCl2N3O3/c1-2-27-18(26)16(15-12-4-3-5-23(12)8-22-15)24-7-9-11(20)6-10(19)14(21)13(9)17(24)25/h6,8,16H,2-5,7H2,1H3. The van der Waals surface area contributed by atoms with Gasteiger partial charge in [-0.15, -0.1) is 0 Å². The molecule has 3 heterocycles. The van der Waals surface area contributed by atoms with Crippen molar-refractivity contribution in [3.05, 3.63) is 49.4 Å². The van der Waals surface area contributed by atoms with E-state index in [1.807, 2.05) is 4.57 Å². The number of ether oxygens (including phenoxy) is 1. The Balaban J connectivity index is 1.80. The van der Waals surface area contributed by atoms with Crippen LogP contribution in [0.4, 0.5) is 0 Å². The topological polar surface area (TPSA) is 64.4 Å². The summed E-state index contributed by atoms with van der Waals surface area (Å²) in [5, 5.41) is 0.717. The molecule has 2 aromatic rings. The Labute approximate surface area is 174 Å². The van der Waals surface area contributed by atoms with Gasteiger partial charge in [-0.25, -0.2) is 9.78 Å². The minimum Gasteiger partial charge on any atom is -0.464 e. The van der Waals surface area contributed by atoms with Crippen LogP contribution in [0.25, 0.3) is 0 Å². The first-order chi connectivity index (χ1) is 12.9. The number of rotatable bonds is 4. The third kappa shape index (κ3) is 2.96. The highest BCUT2D eigenvalue weighted by molar-refractivity contribution is 9.10. The molecule has 142 valence electrons. The van der Waals surface area contributed by atoms with E-state index in [-0.39, 0.29) is 19.1 Å². The van der Waals surface area contributed by atoms with Gasteiger partial charge in [0.15, 0.2) is 6.04 Å². The zero-order valence-electron chi connectivity index (χ0n) is 14.5. The van der Waals surface area contributed by atoms with Gasteiger partial charge in [0, 0.05) is 33.8 Å². The summed E-state index contributed by atoms with van der Waals surface area (Å²) in [5.74, 6) is -0.852. The van der Waals surface area contributed by atoms with E-state index < -0.39 is 12.0 Å². The van der Waals surface area contributed by atoms with Gasteiger partial charge in [-0.2, -0.15) is 0 Å². The molecule has 0 fully saturated rings. The number of fused-ring (bicyclic) bond motifs is 2. The Hall–Kier alpha value is -1.57. The quantitative estimate of drug-likeness (QED) is 0.495. The van der Waals surface area contributed by atoms with Gasteiger partial charge in [0.1, 0.15) is 0 Å². The van der Waals surface area contributed by atoms with Gasteiger partial charge in [0.2, 0.25) is 0 Å². The maximum absolute atomic E-state index is 13.2. The van der Waals surface area contributed by atoms with E-state index >= 15 is 0 Å². The number of aromatic nitrogens is 2. The van der Waals surface area contributed by atoms with Gasteiger partial charge < -0.3 is 14.2 Å². The molecule has 0 saturated heterocycles. The molecule has 0 aliphatic carbocycles. The number of carbonyl (C=O) groups is 2. The lowest BCUT2D eigenvalue weighted by Gasteiger charge is -2.25. The maximum atomic E-state index is 13.2. The first-order valence-electron chi connectivity index (χ1n) is 8.61. The maximum Gasteiger partial charge on any atom is 0.335 e. The number of benzene rings is 1. The van der Waals surface area contributed by atoms with E-state index in [0.717, 1.165) is 25.1 Å². The van der Waals surface area contributed by atoms with E-state index in [1.54, 1.807) is 19.3 Å². The van der Waals surface area contributed by atoms with Crippen LogP contribution >= 0.6 is 39.1 Å². The molecule has 1 aromatic heterocycles. The van der Waals surface area contributed by atoms with Crippen LogP contribution in [0.15, 0.2) is 16.9 Å². The number of imidazole rings is 1. The second-order valence-electron chi connectivity index (χ2n) is 6.47. The number of carbonyl (C=O) groups excluding carboxylic acids is 2. The van der Waals surface area contributed by atoms with Crippen molar-refractivity contribution in [2.24, 2.45) is 0 Å². The lowest BCUT2D eigenvalue weighted by atomic mass is 10.1. The summed E-state index contributed by atoms with van der Waals surface area (Å²) >= 11 is 16.0. The number of hydrogen-bond acceptors (Lipinski definition) is 4. The highest BCUT2D eigenvalue weighted by Gasteiger charge is 2.43. The Morgan fingerprint density at radius 2 is 2.22 bits per heavy atom. The fraction of sp³-hybridized carbons (Fsp3) is 0.389. The van der Waals surface area contributed by atoms with Crippen molar-refractivity contribution in [1.29, 1.82) is 0 Å². The third-order valence-electron chi connectivity index (χ3n) is 4.95. The van der Waals surface area contributed by atoms with Crippen LogP contribution in [0, 0.1) is 0 Å². The lowest BCUT2D eigenvalue weighted by Crippen LogP contribution is -2.36. The van der Waals surface area contributed by atoms with Crippen molar-refractivity contribution in [2.75, 3.05) is 6.61 Å². The van der Waals surface area contributed by atoms with E-state index in [9.17, 15) is 9.59 Å². The fourth-order valence-corrected chi connectivity index (χ4v) is 4.82. The molecule has 27 heavy (non-hydrogen) atoms. The van der Waals surface area contributed by atoms with Gasteiger partial charge in [0.25, 0.3) is 5.91 Å². The number of nitrogens with zero attached hydrogens (tertiary/aromatic N) is 3. The molecule has 1 aromatic carbocycles. The number of aryl methyl sites for hydroxylation is 1. The number of esters is 1. The van der Waals surface area contributed by atoms with Gasteiger partial charge in [0.05, 0.1) is 29.2 Å². The molecule has 1 unspecified atom stereocenters. The number of amides is 1. The average Bonchev–Trinajstić information content (AvgIpc) is 3.30. The summed E-state index contributed by atoms with van der Waals surface area (Å²) in [6, 6.07) is 0.734. The average molecular weight is 473 g/mol. The van der Waals surface area contributed by atoms with E-state index in [4.69, 9.17) is 27.9 Å². The largest absolute Gasteiger partial charge is 0.464 e. The summed E-state index contributed by atoms with van der Waals surface area (Å²) in [4.78, 5) is 31.9. The normalized spacial score (nSPS) is 16.4. The molecule has 1 atom stereocenters. The van der Waals surface area contributed by atoms with Crippen LogP contribution in [0.1, 0.15) is 46.7 Å².